The zero-order valence-corrected chi connectivity index (χ0v) is 15.4. The van der Waals surface area contributed by atoms with Crippen LogP contribution in [0.1, 0.15) is 5.56 Å². The van der Waals surface area contributed by atoms with Crippen LogP contribution in [-0.4, -0.2) is 36.0 Å². The van der Waals surface area contributed by atoms with Crippen molar-refractivity contribution >= 4 is 27.8 Å². The summed E-state index contributed by atoms with van der Waals surface area (Å²) in [4.78, 5) is 2.02. The lowest BCUT2D eigenvalue weighted by Gasteiger charge is -2.09. The van der Waals surface area contributed by atoms with Gasteiger partial charge in [-0.05, 0) is 42.0 Å². The molecule has 0 atom stereocenters. The third-order valence-corrected chi connectivity index (χ3v) is 4.69. The zero-order valence-electron chi connectivity index (χ0n) is 13.8. The maximum Gasteiger partial charge on any atom is 0.280 e. The lowest BCUT2D eigenvalue weighted by Crippen LogP contribution is -2.19. The second-order valence-electron chi connectivity index (χ2n) is 4.76. The molecule has 25 heavy (non-hydrogen) atoms. The van der Waals surface area contributed by atoms with Crippen LogP contribution in [-0.2, 0) is 10.0 Å². The average Bonchev–Trinajstić information content (AvgIpc) is 2.61. The van der Waals surface area contributed by atoms with Crippen LogP contribution in [0.25, 0.3) is 0 Å². The van der Waals surface area contributed by atoms with E-state index in [2.05, 4.69) is 9.93 Å². The molecule has 1 N–H and O–H groups in total. The van der Waals surface area contributed by atoms with E-state index in [0.29, 0.717) is 17.1 Å². The van der Waals surface area contributed by atoms with E-state index in [4.69, 9.17) is 25.8 Å². The third kappa shape index (κ3) is 4.55. The Morgan fingerprint density at radius 3 is 2.24 bits per heavy atom. The molecular formula is C16H17ClN2O5S. The number of hydrogen-bond acceptors (Lipinski definition) is 6. The molecular weight excluding hydrogens is 368 g/mol. The van der Waals surface area contributed by atoms with Gasteiger partial charge in [-0.25, -0.2) is 0 Å². The van der Waals surface area contributed by atoms with Crippen LogP contribution >= 0.6 is 11.6 Å². The summed E-state index contributed by atoms with van der Waals surface area (Å²) in [6.45, 7) is 0. The minimum atomic E-state index is -3.94. The van der Waals surface area contributed by atoms with Crippen molar-refractivity contribution < 1.29 is 22.6 Å². The van der Waals surface area contributed by atoms with Crippen molar-refractivity contribution in [3.05, 3.63) is 47.0 Å². The molecule has 7 nitrogen and oxygen atoms in total. The first kappa shape index (κ1) is 18.9. The summed E-state index contributed by atoms with van der Waals surface area (Å²) in [6.07, 6.45) is 1.34. The molecule has 0 aromatic heterocycles. The fourth-order valence-electron chi connectivity index (χ4n) is 2.01. The van der Waals surface area contributed by atoms with Gasteiger partial charge in [0.1, 0.15) is 10.6 Å². The topological polar surface area (TPSA) is 86.2 Å². The van der Waals surface area contributed by atoms with Crippen LogP contribution < -0.4 is 19.0 Å². The Kier molecular flexibility index (Phi) is 6.11. The van der Waals surface area contributed by atoms with E-state index in [1.54, 1.807) is 18.2 Å². The molecule has 134 valence electrons. The van der Waals surface area contributed by atoms with E-state index in [1.165, 1.54) is 45.7 Å². The molecule has 0 radical (unpaired) electrons. The fourth-order valence-corrected chi connectivity index (χ4v) is 3.24. The van der Waals surface area contributed by atoms with Gasteiger partial charge in [-0.15, -0.1) is 0 Å². The Bertz CT molecular complexity index is 884. The second kappa shape index (κ2) is 8.09. The molecule has 0 fully saturated rings. The Labute approximate surface area is 151 Å². The molecule has 0 unspecified atom stereocenters. The highest BCUT2D eigenvalue weighted by Crippen LogP contribution is 2.28. The number of benzene rings is 2. The number of nitrogens with one attached hydrogen (secondary N) is 1. The number of hydrazone groups is 1. The van der Waals surface area contributed by atoms with Crippen LogP contribution in [0, 0.1) is 0 Å². The summed E-state index contributed by atoms with van der Waals surface area (Å²) >= 11 is 5.86. The fraction of sp³-hybridized carbons (Fsp3) is 0.188. The minimum absolute atomic E-state index is 0.105. The Morgan fingerprint density at radius 1 is 0.960 bits per heavy atom. The standard InChI is InChI=1S/C16H17ClN2O5S/c1-22-13-6-4-11(8-15(13)24-3)10-18-19-25(20,21)16-9-12(17)5-7-14(16)23-2/h4-10,19H,1-3H3/b18-10+. The maximum atomic E-state index is 12.4. The summed E-state index contributed by atoms with van der Waals surface area (Å²) in [6, 6.07) is 9.35. The molecule has 0 bridgehead atoms. The summed E-state index contributed by atoms with van der Waals surface area (Å²) < 4.78 is 40.1. The maximum absolute atomic E-state index is 12.4. The van der Waals surface area contributed by atoms with E-state index >= 15 is 0 Å². The molecule has 0 aliphatic rings. The lowest BCUT2D eigenvalue weighted by atomic mass is 10.2. The van der Waals surface area contributed by atoms with Crippen LogP contribution in [0.15, 0.2) is 46.4 Å². The van der Waals surface area contributed by atoms with Gasteiger partial charge in [0.15, 0.2) is 11.5 Å². The molecule has 2 aromatic rings. The van der Waals surface area contributed by atoms with Crippen molar-refractivity contribution in [1.82, 2.24) is 4.83 Å². The third-order valence-electron chi connectivity index (χ3n) is 3.21. The first-order valence-corrected chi connectivity index (χ1v) is 8.88. The highest BCUT2D eigenvalue weighted by atomic mass is 35.5. The Balaban J connectivity index is 2.22. The number of rotatable bonds is 7. The quantitative estimate of drug-likeness (QED) is 0.586. The number of halogens is 1. The van der Waals surface area contributed by atoms with Gasteiger partial charge in [0.2, 0.25) is 0 Å². The first-order chi connectivity index (χ1) is 11.9. The molecule has 2 aromatic carbocycles. The molecule has 0 amide bonds. The summed E-state index contributed by atoms with van der Waals surface area (Å²) in [5.41, 5.74) is 0.624. The van der Waals surface area contributed by atoms with Gasteiger partial charge < -0.3 is 14.2 Å². The molecule has 0 aliphatic carbocycles. The number of hydrogen-bond donors (Lipinski definition) is 1. The molecule has 2 rings (SSSR count). The summed E-state index contributed by atoms with van der Waals surface area (Å²) in [7, 11) is 0.465. The number of sulfonamides is 1. The highest BCUT2D eigenvalue weighted by Gasteiger charge is 2.19. The smallest absolute Gasteiger partial charge is 0.280 e. The van der Waals surface area contributed by atoms with Crippen LogP contribution in [0.5, 0.6) is 17.2 Å². The van der Waals surface area contributed by atoms with Gasteiger partial charge >= 0.3 is 0 Å². The summed E-state index contributed by atoms with van der Waals surface area (Å²) in [5, 5.41) is 4.04. The van der Waals surface area contributed by atoms with Gasteiger partial charge in [0.05, 0.1) is 27.5 Å². The van der Waals surface area contributed by atoms with Gasteiger partial charge in [0, 0.05) is 5.02 Å². The Morgan fingerprint density at radius 2 is 1.60 bits per heavy atom. The predicted octanol–water partition coefficient (Wildman–Crippen LogP) is 2.68. The van der Waals surface area contributed by atoms with Crippen molar-refractivity contribution in [2.24, 2.45) is 5.10 Å². The van der Waals surface area contributed by atoms with E-state index < -0.39 is 10.0 Å². The van der Waals surface area contributed by atoms with Crippen molar-refractivity contribution in [3.63, 3.8) is 0 Å². The SMILES string of the molecule is COc1ccc(/C=N/NS(=O)(=O)c2cc(Cl)ccc2OC)cc1OC. The molecule has 0 saturated carbocycles. The van der Waals surface area contributed by atoms with E-state index in [9.17, 15) is 8.42 Å². The normalized spacial score (nSPS) is 11.4. The molecule has 0 saturated heterocycles. The number of ether oxygens (including phenoxy) is 3. The minimum Gasteiger partial charge on any atom is -0.495 e. The van der Waals surface area contributed by atoms with Crippen LogP contribution in [0.4, 0.5) is 0 Å². The first-order valence-electron chi connectivity index (χ1n) is 7.01. The predicted molar refractivity (Wildman–Crippen MR) is 95.5 cm³/mol. The van der Waals surface area contributed by atoms with E-state index in [1.807, 2.05) is 0 Å². The Hall–Kier alpha value is -2.45. The monoisotopic (exact) mass is 384 g/mol. The molecule has 0 spiro atoms. The number of methoxy groups -OCH3 is 3. The van der Waals surface area contributed by atoms with Crippen molar-refractivity contribution in [3.8, 4) is 17.2 Å². The van der Waals surface area contributed by atoms with Crippen molar-refractivity contribution in [2.75, 3.05) is 21.3 Å². The van der Waals surface area contributed by atoms with Crippen LogP contribution in [0.2, 0.25) is 5.02 Å². The summed E-state index contributed by atoms with van der Waals surface area (Å²) in [5.74, 6) is 1.23. The molecule has 0 heterocycles. The average molecular weight is 385 g/mol. The second-order valence-corrected chi connectivity index (χ2v) is 6.83. The molecule has 0 aliphatic heterocycles. The highest BCUT2D eigenvalue weighted by molar-refractivity contribution is 7.89. The van der Waals surface area contributed by atoms with Gasteiger partial charge in [-0.3, -0.25) is 0 Å². The van der Waals surface area contributed by atoms with Gasteiger partial charge in [-0.2, -0.15) is 18.4 Å². The zero-order chi connectivity index (χ0) is 18.4. The van der Waals surface area contributed by atoms with E-state index in [-0.39, 0.29) is 15.7 Å². The van der Waals surface area contributed by atoms with E-state index in [0.717, 1.165) is 0 Å². The molecule has 9 heteroatoms. The van der Waals surface area contributed by atoms with Crippen molar-refractivity contribution in [2.45, 2.75) is 4.90 Å². The van der Waals surface area contributed by atoms with Crippen LogP contribution in [0.3, 0.4) is 0 Å². The number of nitrogens with zero attached hydrogens (tertiary/aromatic N) is 1. The largest absolute Gasteiger partial charge is 0.495 e. The lowest BCUT2D eigenvalue weighted by molar-refractivity contribution is 0.355. The van der Waals surface area contributed by atoms with Gasteiger partial charge in [0.25, 0.3) is 10.0 Å². The van der Waals surface area contributed by atoms with Crippen molar-refractivity contribution in [1.29, 1.82) is 0 Å². The van der Waals surface area contributed by atoms with Gasteiger partial charge in [-0.1, -0.05) is 11.6 Å².